The number of nitrogens with one attached hydrogen (secondary N) is 1. The van der Waals surface area contributed by atoms with Crippen LogP contribution in [0.4, 0.5) is 13.2 Å². The molecule has 1 aromatic rings. The zero-order valence-electron chi connectivity index (χ0n) is 12.7. The first-order chi connectivity index (χ1) is 9.40. The molecule has 0 saturated carbocycles. The smallest absolute Gasteiger partial charge is 0.573 e. The lowest BCUT2D eigenvalue weighted by Crippen LogP contribution is -2.40. The fourth-order valence-corrected chi connectivity index (χ4v) is 2.40. The Bertz CT molecular complexity index is 486. The van der Waals surface area contributed by atoms with E-state index < -0.39 is 22.5 Å². The monoisotopic (exact) mass is 323 g/mol. The van der Waals surface area contributed by atoms with Gasteiger partial charge in [-0.3, -0.25) is 0 Å². The Balaban J connectivity index is 2.84. The Labute approximate surface area is 126 Å². The van der Waals surface area contributed by atoms with Crippen LogP contribution in [-0.2, 0) is 11.4 Å². The lowest BCUT2D eigenvalue weighted by molar-refractivity contribution is -0.274. The Morgan fingerprint density at radius 1 is 1.24 bits per heavy atom. The van der Waals surface area contributed by atoms with Crippen LogP contribution in [0.2, 0.25) is 0 Å². The molecule has 0 heterocycles. The fourth-order valence-electron chi connectivity index (χ4n) is 1.59. The Morgan fingerprint density at radius 2 is 1.81 bits per heavy atom. The largest absolute Gasteiger partial charge is 0.598 e. The van der Waals surface area contributed by atoms with Gasteiger partial charge in [0.1, 0.15) is 10.5 Å². The molecule has 1 aromatic carbocycles. The van der Waals surface area contributed by atoms with Gasteiger partial charge in [-0.2, -0.15) is 0 Å². The molecule has 7 heteroatoms. The highest BCUT2D eigenvalue weighted by Gasteiger charge is 2.32. The van der Waals surface area contributed by atoms with Gasteiger partial charge in [0.05, 0.1) is 6.04 Å². The van der Waals surface area contributed by atoms with Crippen molar-refractivity contribution in [1.82, 2.24) is 4.72 Å². The van der Waals surface area contributed by atoms with E-state index in [4.69, 9.17) is 0 Å². The van der Waals surface area contributed by atoms with Gasteiger partial charge >= 0.3 is 6.36 Å². The van der Waals surface area contributed by atoms with Crippen molar-refractivity contribution in [3.05, 3.63) is 29.3 Å². The summed E-state index contributed by atoms with van der Waals surface area (Å²) in [5.74, 6) is -0.226. The Kier molecular flexibility index (Phi) is 5.57. The number of ether oxygens (including phenoxy) is 1. The highest BCUT2D eigenvalue weighted by Crippen LogP contribution is 2.29. The van der Waals surface area contributed by atoms with E-state index in [1.54, 1.807) is 6.07 Å². The zero-order chi connectivity index (χ0) is 16.4. The summed E-state index contributed by atoms with van der Waals surface area (Å²) in [4.78, 5) is 0. The fraction of sp³-hybridized carbons (Fsp3) is 0.571. The van der Waals surface area contributed by atoms with Crippen LogP contribution in [0.5, 0.6) is 5.75 Å². The summed E-state index contributed by atoms with van der Waals surface area (Å²) < 4.78 is 55.1. The maximum Gasteiger partial charge on any atom is 0.573 e. The van der Waals surface area contributed by atoms with E-state index in [0.717, 1.165) is 5.56 Å². The summed E-state index contributed by atoms with van der Waals surface area (Å²) in [6, 6.07) is 4.16. The van der Waals surface area contributed by atoms with E-state index in [1.165, 1.54) is 19.1 Å². The second-order valence-electron chi connectivity index (χ2n) is 5.79. The molecule has 3 nitrogen and oxygen atoms in total. The number of aryl methyl sites for hydroxylation is 1. The number of rotatable bonds is 4. The molecule has 120 valence electrons. The normalized spacial score (nSPS) is 15.7. The average molecular weight is 323 g/mol. The van der Waals surface area contributed by atoms with E-state index >= 15 is 0 Å². The molecule has 1 N–H and O–H groups in total. The molecule has 0 aromatic heterocycles. The molecular weight excluding hydrogens is 303 g/mol. The van der Waals surface area contributed by atoms with Crippen molar-refractivity contribution in [2.24, 2.45) is 0 Å². The third-order valence-electron chi connectivity index (χ3n) is 2.76. The minimum atomic E-state index is -4.70. The predicted octanol–water partition coefficient (Wildman–Crippen LogP) is 4.01. The van der Waals surface area contributed by atoms with Crippen LogP contribution in [0.15, 0.2) is 18.2 Å². The summed E-state index contributed by atoms with van der Waals surface area (Å²) in [6.07, 6.45) is -4.70. The Morgan fingerprint density at radius 3 is 2.24 bits per heavy atom. The highest BCUT2D eigenvalue weighted by molar-refractivity contribution is 7.90. The number of hydrogen-bond donors (Lipinski definition) is 1. The van der Waals surface area contributed by atoms with Crippen LogP contribution in [0.1, 0.15) is 44.9 Å². The maximum absolute atomic E-state index is 12.2. The van der Waals surface area contributed by atoms with Crippen molar-refractivity contribution in [1.29, 1.82) is 0 Å². The van der Waals surface area contributed by atoms with E-state index in [2.05, 4.69) is 9.46 Å². The summed E-state index contributed by atoms with van der Waals surface area (Å²) in [7, 11) is 0. The standard InChI is InChI=1S/C14H20F3NO2S/c1-9-8-11(6-7-12(9)20-14(15,16)17)10(2)18-21(19)13(3,4)5/h6-8,10,18H,1-5H3/t10-,21-/m1/s1. The van der Waals surface area contributed by atoms with Crippen molar-refractivity contribution in [2.75, 3.05) is 0 Å². The predicted molar refractivity (Wildman–Crippen MR) is 77.3 cm³/mol. The van der Waals surface area contributed by atoms with Gasteiger partial charge in [0.25, 0.3) is 0 Å². The molecular formula is C14H20F3NO2S. The van der Waals surface area contributed by atoms with Crippen molar-refractivity contribution < 1.29 is 22.5 Å². The van der Waals surface area contributed by atoms with Crippen LogP contribution >= 0.6 is 0 Å². The van der Waals surface area contributed by atoms with Crippen LogP contribution in [-0.4, -0.2) is 15.7 Å². The first-order valence-corrected chi connectivity index (χ1v) is 7.59. The molecule has 0 spiro atoms. The van der Waals surface area contributed by atoms with Crippen molar-refractivity contribution in [2.45, 2.75) is 51.8 Å². The molecule has 1 rings (SSSR count). The van der Waals surface area contributed by atoms with Crippen LogP contribution in [0.3, 0.4) is 0 Å². The molecule has 0 saturated heterocycles. The topological polar surface area (TPSA) is 44.3 Å². The molecule has 0 aliphatic carbocycles. The van der Waals surface area contributed by atoms with Gasteiger partial charge in [0, 0.05) is 11.4 Å². The third kappa shape index (κ3) is 5.76. The minimum absolute atomic E-state index is 0.226. The molecule has 0 aliphatic heterocycles. The number of hydrogen-bond acceptors (Lipinski definition) is 3. The SMILES string of the molecule is Cc1cc([C@@H](C)N[S@+]([O-])C(C)(C)C)ccc1OC(F)(F)F. The van der Waals surface area contributed by atoms with Crippen molar-refractivity contribution in [3.63, 3.8) is 0 Å². The third-order valence-corrected chi connectivity index (χ3v) is 4.44. The van der Waals surface area contributed by atoms with E-state index in [1.807, 2.05) is 27.7 Å². The van der Waals surface area contributed by atoms with E-state index in [-0.39, 0.29) is 11.8 Å². The first-order valence-electron chi connectivity index (χ1n) is 6.44. The molecule has 0 bridgehead atoms. The average Bonchev–Trinajstić information content (AvgIpc) is 2.28. The van der Waals surface area contributed by atoms with Gasteiger partial charge in [-0.05, 0) is 51.8 Å². The van der Waals surface area contributed by atoms with E-state index in [0.29, 0.717) is 5.56 Å². The summed E-state index contributed by atoms with van der Waals surface area (Å²) in [5, 5.41) is 0. The highest BCUT2D eigenvalue weighted by atomic mass is 32.2. The molecule has 2 atom stereocenters. The van der Waals surface area contributed by atoms with Gasteiger partial charge < -0.3 is 9.29 Å². The summed E-state index contributed by atoms with van der Waals surface area (Å²) in [6.45, 7) is 8.87. The second kappa shape index (κ2) is 6.46. The van der Waals surface area contributed by atoms with Gasteiger partial charge in [-0.15, -0.1) is 17.9 Å². The molecule has 0 amide bonds. The number of halogens is 3. The molecule has 21 heavy (non-hydrogen) atoms. The molecule has 0 unspecified atom stereocenters. The van der Waals surface area contributed by atoms with Crippen LogP contribution in [0, 0.1) is 6.92 Å². The van der Waals surface area contributed by atoms with Gasteiger partial charge in [-0.1, -0.05) is 12.1 Å². The van der Waals surface area contributed by atoms with Crippen molar-refractivity contribution in [3.8, 4) is 5.75 Å². The first kappa shape index (κ1) is 18.1. The minimum Gasteiger partial charge on any atom is -0.598 e. The van der Waals surface area contributed by atoms with E-state index in [9.17, 15) is 17.7 Å². The lowest BCUT2D eigenvalue weighted by Gasteiger charge is -2.26. The van der Waals surface area contributed by atoms with Crippen LogP contribution in [0.25, 0.3) is 0 Å². The number of benzene rings is 1. The quantitative estimate of drug-likeness (QED) is 0.852. The summed E-state index contributed by atoms with van der Waals surface area (Å²) >= 11 is -1.26. The maximum atomic E-state index is 12.2. The van der Waals surface area contributed by atoms with Gasteiger partial charge in [-0.25, -0.2) is 0 Å². The molecule has 0 aliphatic rings. The summed E-state index contributed by atoms with van der Waals surface area (Å²) in [5.41, 5.74) is 1.12. The Hall–Kier alpha value is -0.920. The molecule has 0 radical (unpaired) electrons. The lowest BCUT2D eigenvalue weighted by atomic mass is 10.1. The molecule has 0 fully saturated rings. The van der Waals surface area contributed by atoms with Gasteiger partial charge in [0.15, 0.2) is 0 Å². The second-order valence-corrected chi connectivity index (χ2v) is 7.79. The van der Waals surface area contributed by atoms with Gasteiger partial charge in [0.2, 0.25) is 0 Å². The zero-order valence-corrected chi connectivity index (χ0v) is 13.5. The van der Waals surface area contributed by atoms with Crippen LogP contribution < -0.4 is 9.46 Å². The number of alkyl halides is 3. The van der Waals surface area contributed by atoms with Crippen molar-refractivity contribution >= 4 is 11.4 Å².